The van der Waals surface area contributed by atoms with Crippen molar-refractivity contribution < 1.29 is 0 Å². The lowest BCUT2D eigenvalue weighted by atomic mass is 9.73. The highest BCUT2D eigenvalue weighted by Crippen LogP contribution is 2.37. The molecule has 0 saturated heterocycles. The van der Waals surface area contributed by atoms with Gasteiger partial charge in [-0.2, -0.15) is 0 Å². The van der Waals surface area contributed by atoms with Crippen LogP contribution < -0.4 is 5.73 Å². The highest BCUT2D eigenvalue weighted by Gasteiger charge is 2.25. The molecule has 1 nitrogen and oxygen atoms in total. The monoisotopic (exact) mass is 197 g/mol. The van der Waals surface area contributed by atoms with E-state index in [9.17, 15) is 0 Å². The lowest BCUT2D eigenvalue weighted by Crippen LogP contribution is -2.21. The first-order valence-corrected chi connectivity index (χ1v) is 5.52. The minimum atomic E-state index is 0.383. The molecule has 0 radical (unpaired) electrons. The zero-order valence-electron chi connectivity index (χ0n) is 10.8. The minimum absolute atomic E-state index is 0.383. The molecule has 0 aromatic carbocycles. The first-order chi connectivity index (χ1) is 6.16. The third-order valence-corrected chi connectivity index (χ3v) is 2.23. The predicted octanol–water partition coefficient (Wildman–Crippen LogP) is 3.74. The Labute approximate surface area is 89.8 Å². The molecule has 84 valence electrons. The van der Waals surface area contributed by atoms with Crippen LogP contribution in [0.5, 0.6) is 0 Å². The van der Waals surface area contributed by atoms with Crippen molar-refractivity contribution in [3.05, 3.63) is 11.6 Å². The fourth-order valence-corrected chi connectivity index (χ4v) is 2.53. The van der Waals surface area contributed by atoms with E-state index in [-0.39, 0.29) is 0 Å². The first kappa shape index (κ1) is 13.7. The summed E-state index contributed by atoms with van der Waals surface area (Å²) in [5.41, 5.74) is 7.71. The molecule has 0 aromatic heterocycles. The van der Waals surface area contributed by atoms with Crippen molar-refractivity contribution in [2.75, 3.05) is 6.54 Å². The van der Waals surface area contributed by atoms with Crippen LogP contribution in [-0.4, -0.2) is 6.54 Å². The molecule has 0 bridgehead atoms. The van der Waals surface area contributed by atoms with Crippen LogP contribution in [0.15, 0.2) is 11.6 Å². The Hall–Kier alpha value is -0.300. The molecule has 2 N–H and O–H groups in total. The number of allylic oxidation sites excluding steroid dienone is 1. The molecule has 0 aromatic rings. The van der Waals surface area contributed by atoms with E-state index >= 15 is 0 Å². The van der Waals surface area contributed by atoms with Gasteiger partial charge in [-0.15, -0.1) is 0 Å². The molecule has 0 aliphatic carbocycles. The maximum atomic E-state index is 5.50. The average Bonchev–Trinajstić information content (AvgIpc) is 1.78. The summed E-state index contributed by atoms with van der Waals surface area (Å²) in [5, 5.41) is 0. The Morgan fingerprint density at radius 3 is 2.00 bits per heavy atom. The van der Waals surface area contributed by atoms with Crippen LogP contribution in [0.1, 0.15) is 54.4 Å². The van der Waals surface area contributed by atoms with Crippen LogP contribution in [0, 0.1) is 10.8 Å². The van der Waals surface area contributed by atoms with Gasteiger partial charge in [0.1, 0.15) is 0 Å². The van der Waals surface area contributed by atoms with Gasteiger partial charge in [0.05, 0.1) is 0 Å². The van der Waals surface area contributed by atoms with Gasteiger partial charge in [0.25, 0.3) is 0 Å². The summed E-state index contributed by atoms with van der Waals surface area (Å²) in [4.78, 5) is 0. The van der Waals surface area contributed by atoms with E-state index in [0.29, 0.717) is 17.4 Å². The molecule has 14 heavy (non-hydrogen) atoms. The van der Waals surface area contributed by atoms with Gasteiger partial charge < -0.3 is 5.73 Å². The van der Waals surface area contributed by atoms with Crippen LogP contribution in [0.25, 0.3) is 0 Å². The molecule has 0 aliphatic rings. The third-order valence-electron chi connectivity index (χ3n) is 2.23. The largest absolute Gasteiger partial charge is 0.327 e. The van der Waals surface area contributed by atoms with Crippen molar-refractivity contribution in [2.24, 2.45) is 16.6 Å². The fraction of sp³-hybridized carbons (Fsp3) is 0.846. The summed E-state index contributed by atoms with van der Waals surface area (Å²) < 4.78 is 0. The Bertz CT molecular complexity index is 194. The van der Waals surface area contributed by atoms with E-state index in [1.807, 2.05) is 0 Å². The molecule has 0 aliphatic heterocycles. The zero-order chi connectivity index (χ0) is 11.4. The highest BCUT2D eigenvalue weighted by molar-refractivity contribution is 5.02. The molecular formula is C13H27N. The van der Waals surface area contributed by atoms with Crippen LogP contribution in [0.2, 0.25) is 0 Å². The van der Waals surface area contributed by atoms with E-state index in [2.05, 4.69) is 47.6 Å². The maximum absolute atomic E-state index is 5.50. The SMILES string of the molecule is C/C(=C\CN)CC(C)(C)CC(C)(C)C. The van der Waals surface area contributed by atoms with Gasteiger partial charge in [0, 0.05) is 6.54 Å². The normalized spacial score (nSPS) is 14.6. The Morgan fingerprint density at radius 1 is 1.14 bits per heavy atom. The molecule has 0 spiro atoms. The second-order valence-corrected chi connectivity index (χ2v) is 6.36. The van der Waals surface area contributed by atoms with Gasteiger partial charge in [0.2, 0.25) is 0 Å². The van der Waals surface area contributed by atoms with Crippen molar-refractivity contribution in [1.29, 1.82) is 0 Å². The number of hydrogen-bond acceptors (Lipinski definition) is 1. The van der Waals surface area contributed by atoms with Crippen LogP contribution >= 0.6 is 0 Å². The quantitative estimate of drug-likeness (QED) is 0.683. The average molecular weight is 197 g/mol. The maximum Gasteiger partial charge on any atom is 0.0109 e. The molecular weight excluding hydrogens is 170 g/mol. The fourth-order valence-electron chi connectivity index (χ4n) is 2.53. The Morgan fingerprint density at radius 2 is 1.64 bits per heavy atom. The number of rotatable bonds is 4. The third kappa shape index (κ3) is 7.14. The standard InChI is InChI=1S/C13H27N/c1-11(7-8-14)9-13(5,6)10-12(2,3)4/h7H,8-10,14H2,1-6H3/b11-7+. The summed E-state index contributed by atoms with van der Waals surface area (Å²) in [6.45, 7) is 14.4. The van der Waals surface area contributed by atoms with Gasteiger partial charge in [-0.3, -0.25) is 0 Å². The summed E-state index contributed by atoms with van der Waals surface area (Å²) in [7, 11) is 0. The van der Waals surface area contributed by atoms with Gasteiger partial charge >= 0.3 is 0 Å². The van der Waals surface area contributed by atoms with E-state index < -0.39 is 0 Å². The molecule has 0 rings (SSSR count). The van der Waals surface area contributed by atoms with Crippen molar-refractivity contribution in [2.45, 2.75) is 54.4 Å². The highest BCUT2D eigenvalue weighted by atomic mass is 14.5. The number of nitrogens with two attached hydrogens (primary N) is 1. The van der Waals surface area contributed by atoms with Crippen LogP contribution in [0.4, 0.5) is 0 Å². The first-order valence-electron chi connectivity index (χ1n) is 5.52. The van der Waals surface area contributed by atoms with Gasteiger partial charge in [0.15, 0.2) is 0 Å². The summed E-state index contributed by atoms with van der Waals surface area (Å²) >= 11 is 0. The lowest BCUT2D eigenvalue weighted by Gasteiger charge is -2.32. The van der Waals surface area contributed by atoms with Crippen molar-refractivity contribution in [3.8, 4) is 0 Å². The van der Waals surface area contributed by atoms with Crippen molar-refractivity contribution in [1.82, 2.24) is 0 Å². The van der Waals surface area contributed by atoms with Crippen LogP contribution in [-0.2, 0) is 0 Å². The Kier molecular flexibility index (Phi) is 4.87. The molecule has 0 fully saturated rings. The summed E-state index contributed by atoms with van der Waals surface area (Å²) in [5.74, 6) is 0. The topological polar surface area (TPSA) is 26.0 Å². The molecule has 0 saturated carbocycles. The summed E-state index contributed by atoms with van der Waals surface area (Å²) in [6.07, 6.45) is 4.53. The van der Waals surface area contributed by atoms with Gasteiger partial charge in [-0.1, -0.05) is 46.3 Å². The molecule has 0 atom stereocenters. The van der Waals surface area contributed by atoms with Crippen LogP contribution in [0.3, 0.4) is 0 Å². The smallest absolute Gasteiger partial charge is 0.0109 e. The van der Waals surface area contributed by atoms with E-state index in [1.54, 1.807) is 0 Å². The molecule has 0 unspecified atom stereocenters. The van der Waals surface area contributed by atoms with E-state index in [0.717, 1.165) is 6.42 Å². The van der Waals surface area contributed by atoms with Gasteiger partial charge in [-0.25, -0.2) is 0 Å². The lowest BCUT2D eigenvalue weighted by molar-refractivity contribution is 0.211. The summed E-state index contributed by atoms with van der Waals surface area (Å²) in [6, 6.07) is 0. The molecule has 1 heteroatoms. The molecule has 0 heterocycles. The number of hydrogen-bond donors (Lipinski definition) is 1. The molecule has 0 amide bonds. The second-order valence-electron chi connectivity index (χ2n) is 6.36. The van der Waals surface area contributed by atoms with E-state index in [4.69, 9.17) is 5.73 Å². The van der Waals surface area contributed by atoms with E-state index in [1.165, 1.54) is 12.0 Å². The second kappa shape index (κ2) is 4.97. The van der Waals surface area contributed by atoms with Crippen molar-refractivity contribution >= 4 is 0 Å². The Balaban J connectivity index is 4.27. The zero-order valence-corrected chi connectivity index (χ0v) is 10.8. The van der Waals surface area contributed by atoms with Gasteiger partial charge in [-0.05, 0) is 30.6 Å². The predicted molar refractivity (Wildman–Crippen MR) is 65.3 cm³/mol. The minimum Gasteiger partial charge on any atom is -0.327 e. The van der Waals surface area contributed by atoms with Crippen molar-refractivity contribution in [3.63, 3.8) is 0 Å².